The van der Waals surface area contributed by atoms with Crippen LogP contribution in [0.3, 0.4) is 0 Å². The van der Waals surface area contributed by atoms with E-state index in [1.807, 2.05) is 22.7 Å². The van der Waals surface area contributed by atoms with Gasteiger partial charge in [-0.3, -0.25) is 0 Å². The number of thiophene rings is 3. The van der Waals surface area contributed by atoms with Gasteiger partial charge in [-0.15, -0.1) is 34.0 Å². The van der Waals surface area contributed by atoms with Crippen molar-refractivity contribution in [3.63, 3.8) is 0 Å². The van der Waals surface area contributed by atoms with E-state index in [9.17, 15) is 0 Å². The Balaban J connectivity index is 1.54. The molecule has 0 atom stereocenters. The number of nitriles is 1. The molecule has 0 amide bonds. The molecule has 0 aromatic carbocycles. The van der Waals surface area contributed by atoms with Gasteiger partial charge in [0.05, 0.1) is 6.07 Å². The lowest BCUT2D eigenvalue weighted by Gasteiger charge is -1.97. The maximum absolute atomic E-state index is 8.53. The van der Waals surface area contributed by atoms with Crippen molar-refractivity contribution in [1.82, 2.24) is 0 Å². The summed E-state index contributed by atoms with van der Waals surface area (Å²) in [7, 11) is 0. The van der Waals surface area contributed by atoms with Crippen molar-refractivity contribution < 1.29 is 0 Å². The fraction of sp³-hybridized carbons (Fsp3) is 0.316. The molecular formula is C19H19NS3. The first-order chi connectivity index (χ1) is 11.4. The predicted molar refractivity (Wildman–Crippen MR) is 103 cm³/mol. The van der Waals surface area contributed by atoms with Crippen molar-refractivity contribution in [1.29, 1.82) is 5.26 Å². The third-order valence-electron chi connectivity index (χ3n) is 3.74. The standard InChI is InChI=1S/C19H19NS3/c20-13-5-3-1-2-4-7-15-9-10-18(22-15)19-12-11-17(23-19)16-8-6-14-21-16/h6,8-12,14H,1-5,7H2. The molecule has 0 saturated heterocycles. The second kappa shape index (κ2) is 8.44. The van der Waals surface area contributed by atoms with Gasteiger partial charge in [0, 0.05) is 30.8 Å². The highest BCUT2D eigenvalue weighted by Gasteiger charge is 2.08. The molecule has 0 aliphatic rings. The van der Waals surface area contributed by atoms with E-state index in [1.54, 1.807) is 11.3 Å². The van der Waals surface area contributed by atoms with Gasteiger partial charge in [-0.25, -0.2) is 0 Å². The minimum absolute atomic E-state index is 0.702. The summed E-state index contributed by atoms with van der Waals surface area (Å²) in [5, 5.41) is 10.7. The van der Waals surface area contributed by atoms with Crippen molar-refractivity contribution >= 4 is 34.0 Å². The van der Waals surface area contributed by atoms with Gasteiger partial charge in [0.25, 0.3) is 0 Å². The van der Waals surface area contributed by atoms with Crippen molar-refractivity contribution in [3.05, 3.63) is 46.7 Å². The summed E-state index contributed by atoms with van der Waals surface area (Å²) in [6.45, 7) is 0. The topological polar surface area (TPSA) is 23.8 Å². The zero-order chi connectivity index (χ0) is 15.9. The maximum atomic E-state index is 8.53. The first kappa shape index (κ1) is 16.4. The molecule has 1 nitrogen and oxygen atoms in total. The van der Waals surface area contributed by atoms with E-state index in [2.05, 4.69) is 47.8 Å². The summed E-state index contributed by atoms with van der Waals surface area (Å²) in [4.78, 5) is 6.96. The Morgan fingerprint density at radius 3 is 2.30 bits per heavy atom. The first-order valence-corrected chi connectivity index (χ1v) is 10.5. The van der Waals surface area contributed by atoms with Crippen LogP contribution in [0.5, 0.6) is 0 Å². The van der Waals surface area contributed by atoms with Crippen LogP contribution in [0, 0.1) is 11.3 Å². The Labute approximate surface area is 149 Å². The number of nitrogens with zero attached hydrogens (tertiary/aromatic N) is 1. The molecule has 4 heteroatoms. The Bertz CT molecular complexity index is 759. The zero-order valence-electron chi connectivity index (χ0n) is 13.0. The monoisotopic (exact) mass is 357 g/mol. The molecule has 23 heavy (non-hydrogen) atoms. The Kier molecular flexibility index (Phi) is 6.04. The zero-order valence-corrected chi connectivity index (χ0v) is 15.4. The second-order valence-electron chi connectivity index (χ2n) is 5.48. The predicted octanol–water partition coefficient (Wildman–Crippen LogP) is 7.22. The highest BCUT2D eigenvalue weighted by molar-refractivity contribution is 7.26. The Morgan fingerprint density at radius 2 is 1.52 bits per heavy atom. The molecule has 0 aliphatic carbocycles. The van der Waals surface area contributed by atoms with Crippen molar-refractivity contribution in [2.75, 3.05) is 0 Å². The highest BCUT2D eigenvalue weighted by Crippen LogP contribution is 2.39. The average Bonchev–Trinajstić information content (AvgIpc) is 3.31. The number of unbranched alkanes of at least 4 members (excludes halogenated alkanes) is 4. The number of aryl methyl sites for hydroxylation is 1. The van der Waals surface area contributed by atoms with Crippen LogP contribution in [-0.4, -0.2) is 0 Å². The van der Waals surface area contributed by atoms with Gasteiger partial charge in [-0.1, -0.05) is 18.9 Å². The molecule has 0 N–H and O–H groups in total. The quantitative estimate of drug-likeness (QED) is 0.390. The fourth-order valence-electron chi connectivity index (χ4n) is 2.52. The molecule has 0 saturated carbocycles. The van der Waals surface area contributed by atoms with Gasteiger partial charge in [-0.2, -0.15) is 5.26 Å². The average molecular weight is 358 g/mol. The molecule has 0 radical (unpaired) electrons. The maximum Gasteiger partial charge on any atom is 0.0621 e. The van der Waals surface area contributed by atoms with E-state index in [1.165, 1.54) is 50.1 Å². The molecule has 0 bridgehead atoms. The van der Waals surface area contributed by atoms with E-state index >= 15 is 0 Å². The number of rotatable bonds is 8. The SMILES string of the molecule is N#CCCCCCCc1ccc(-c2ccc(-c3cccs3)s2)s1. The largest absolute Gasteiger partial charge is 0.198 e. The van der Waals surface area contributed by atoms with E-state index in [0.717, 1.165) is 6.42 Å². The first-order valence-electron chi connectivity index (χ1n) is 7.96. The van der Waals surface area contributed by atoms with Gasteiger partial charge in [0.15, 0.2) is 0 Å². The lowest BCUT2D eigenvalue weighted by atomic mass is 10.1. The summed E-state index contributed by atoms with van der Waals surface area (Å²) in [6.07, 6.45) is 6.56. The summed E-state index contributed by atoms with van der Waals surface area (Å²) in [5.74, 6) is 0. The van der Waals surface area contributed by atoms with E-state index < -0.39 is 0 Å². The number of hydrogen-bond acceptors (Lipinski definition) is 4. The highest BCUT2D eigenvalue weighted by atomic mass is 32.1. The van der Waals surface area contributed by atoms with Crippen LogP contribution in [0.2, 0.25) is 0 Å². The molecule has 3 heterocycles. The van der Waals surface area contributed by atoms with Crippen LogP contribution in [0.25, 0.3) is 19.5 Å². The summed E-state index contributed by atoms with van der Waals surface area (Å²) >= 11 is 5.61. The lowest BCUT2D eigenvalue weighted by Crippen LogP contribution is -1.81. The van der Waals surface area contributed by atoms with E-state index in [0.29, 0.717) is 6.42 Å². The molecule has 0 fully saturated rings. The third kappa shape index (κ3) is 4.54. The summed E-state index contributed by atoms with van der Waals surface area (Å²) in [6, 6.07) is 15.5. The molecule has 0 spiro atoms. The summed E-state index contributed by atoms with van der Waals surface area (Å²) in [5.41, 5.74) is 0. The minimum Gasteiger partial charge on any atom is -0.198 e. The van der Waals surface area contributed by atoms with Crippen molar-refractivity contribution in [2.45, 2.75) is 38.5 Å². The van der Waals surface area contributed by atoms with E-state index in [4.69, 9.17) is 5.26 Å². The van der Waals surface area contributed by atoms with Crippen LogP contribution in [0.1, 0.15) is 37.0 Å². The molecule has 3 aromatic rings. The van der Waals surface area contributed by atoms with Crippen LogP contribution >= 0.6 is 34.0 Å². The third-order valence-corrected chi connectivity index (χ3v) is 7.23. The molecule has 0 aliphatic heterocycles. The normalized spacial score (nSPS) is 10.7. The second-order valence-corrected chi connectivity index (χ2v) is 8.68. The van der Waals surface area contributed by atoms with Crippen LogP contribution in [0.4, 0.5) is 0 Å². The van der Waals surface area contributed by atoms with Crippen molar-refractivity contribution in [3.8, 4) is 25.6 Å². The Hall–Kier alpha value is -1.41. The van der Waals surface area contributed by atoms with Crippen LogP contribution < -0.4 is 0 Å². The molecule has 118 valence electrons. The number of hydrogen-bond donors (Lipinski definition) is 0. The van der Waals surface area contributed by atoms with Gasteiger partial charge in [-0.05, 0) is 55.0 Å². The molecular weight excluding hydrogens is 338 g/mol. The minimum atomic E-state index is 0.702. The Morgan fingerprint density at radius 1 is 0.783 bits per heavy atom. The van der Waals surface area contributed by atoms with Gasteiger partial charge < -0.3 is 0 Å². The molecule has 3 aromatic heterocycles. The van der Waals surface area contributed by atoms with Crippen molar-refractivity contribution in [2.24, 2.45) is 0 Å². The molecule has 0 unspecified atom stereocenters. The summed E-state index contributed by atoms with van der Waals surface area (Å²) < 4.78 is 0. The smallest absolute Gasteiger partial charge is 0.0621 e. The fourth-order valence-corrected chi connectivity index (χ4v) is 5.50. The lowest BCUT2D eigenvalue weighted by molar-refractivity contribution is 0.651. The van der Waals surface area contributed by atoms with Crippen LogP contribution in [0.15, 0.2) is 41.8 Å². The van der Waals surface area contributed by atoms with Crippen LogP contribution in [-0.2, 0) is 6.42 Å². The van der Waals surface area contributed by atoms with E-state index in [-0.39, 0.29) is 0 Å². The van der Waals surface area contributed by atoms with Gasteiger partial charge in [0.1, 0.15) is 0 Å². The van der Waals surface area contributed by atoms with Gasteiger partial charge in [0.2, 0.25) is 0 Å². The molecule has 3 rings (SSSR count). The van der Waals surface area contributed by atoms with Gasteiger partial charge >= 0.3 is 0 Å².